The minimum absolute atomic E-state index is 0.115. The van der Waals surface area contributed by atoms with Gasteiger partial charge in [0, 0.05) is 17.4 Å². The molecule has 7 heteroatoms. The molecular weight excluding hydrogens is 324 g/mol. The molecule has 122 valence electrons. The Morgan fingerprint density at radius 1 is 1.21 bits per heavy atom. The minimum Gasteiger partial charge on any atom is -0.497 e. The molecule has 0 unspecified atom stereocenters. The summed E-state index contributed by atoms with van der Waals surface area (Å²) < 4.78 is 6.99. The number of hydrogen-bond donors (Lipinski definition) is 1. The number of hydrogen-bond acceptors (Lipinski definition) is 5. The number of methoxy groups -OCH3 is 1. The molecule has 0 atom stereocenters. The molecule has 3 aromatic rings. The summed E-state index contributed by atoms with van der Waals surface area (Å²) in [6.45, 7) is 0. The van der Waals surface area contributed by atoms with Crippen molar-refractivity contribution < 1.29 is 9.53 Å². The lowest BCUT2D eigenvalue weighted by molar-refractivity contribution is -0.113. The molecule has 0 aliphatic heterocycles. The van der Waals surface area contributed by atoms with Crippen molar-refractivity contribution in [1.82, 2.24) is 14.8 Å². The number of para-hydroxylation sites is 1. The fourth-order valence-corrected chi connectivity index (χ4v) is 2.85. The van der Waals surface area contributed by atoms with Gasteiger partial charge in [-0.25, -0.2) is 0 Å². The van der Waals surface area contributed by atoms with E-state index in [2.05, 4.69) is 15.5 Å². The molecule has 0 saturated carbocycles. The Morgan fingerprint density at radius 2 is 2.04 bits per heavy atom. The average Bonchev–Trinajstić information content (AvgIpc) is 3.09. The molecule has 1 N–H and O–H groups in total. The molecule has 3 rings (SSSR count). The number of anilines is 1. The van der Waals surface area contributed by atoms with E-state index in [9.17, 15) is 4.79 Å². The minimum atomic E-state index is -0.115. The maximum absolute atomic E-state index is 12.1. The third kappa shape index (κ3) is 3.94. The second-order valence-corrected chi connectivity index (χ2v) is 5.83. The predicted molar refractivity (Wildman–Crippen MR) is 93.7 cm³/mol. The number of carbonyl (C=O) groups excluding carboxylic acids is 1. The Kier molecular flexibility index (Phi) is 5.12. The summed E-state index contributed by atoms with van der Waals surface area (Å²) in [7, 11) is 1.59. The molecule has 24 heavy (non-hydrogen) atoms. The highest BCUT2D eigenvalue weighted by Crippen LogP contribution is 2.20. The fraction of sp³-hybridized carbons (Fsp3) is 0.118. The summed E-state index contributed by atoms with van der Waals surface area (Å²) in [5, 5.41) is 11.5. The van der Waals surface area contributed by atoms with Gasteiger partial charge in [0.2, 0.25) is 5.91 Å². The van der Waals surface area contributed by atoms with E-state index in [0.29, 0.717) is 16.6 Å². The van der Waals surface area contributed by atoms with E-state index in [1.807, 2.05) is 53.1 Å². The summed E-state index contributed by atoms with van der Waals surface area (Å²) in [5.74, 6) is 0.822. The molecular formula is C17H16N4O2S. The van der Waals surface area contributed by atoms with Crippen LogP contribution >= 0.6 is 11.8 Å². The zero-order valence-electron chi connectivity index (χ0n) is 13.0. The first-order chi connectivity index (χ1) is 11.8. The topological polar surface area (TPSA) is 69.0 Å². The number of ether oxygens (including phenoxy) is 1. The van der Waals surface area contributed by atoms with Gasteiger partial charge >= 0.3 is 0 Å². The molecule has 0 spiro atoms. The quantitative estimate of drug-likeness (QED) is 0.699. The number of rotatable bonds is 6. The number of amides is 1. The maximum atomic E-state index is 12.1. The lowest BCUT2D eigenvalue weighted by Gasteiger charge is -2.08. The van der Waals surface area contributed by atoms with Crippen LogP contribution in [0.15, 0.2) is 66.1 Å². The van der Waals surface area contributed by atoms with Crippen LogP contribution in [0.3, 0.4) is 0 Å². The molecule has 0 bridgehead atoms. The van der Waals surface area contributed by atoms with Crippen molar-refractivity contribution >= 4 is 23.4 Å². The summed E-state index contributed by atoms with van der Waals surface area (Å²) in [6, 6.07) is 17.0. The predicted octanol–water partition coefficient (Wildman–Crippen LogP) is 3.01. The highest BCUT2D eigenvalue weighted by molar-refractivity contribution is 7.99. The van der Waals surface area contributed by atoms with Crippen LogP contribution in [0.25, 0.3) is 5.69 Å². The third-order valence-corrected chi connectivity index (χ3v) is 4.18. The molecule has 0 fully saturated rings. The second kappa shape index (κ2) is 7.65. The number of nitrogens with zero attached hydrogens (tertiary/aromatic N) is 3. The first kappa shape index (κ1) is 16.1. The Bertz CT molecular complexity index is 820. The van der Waals surface area contributed by atoms with Crippen LogP contribution in [-0.2, 0) is 4.79 Å². The van der Waals surface area contributed by atoms with Gasteiger partial charge in [0.05, 0.1) is 12.9 Å². The zero-order valence-corrected chi connectivity index (χ0v) is 13.9. The zero-order chi connectivity index (χ0) is 16.8. The van der Waals surface area contributed by atoms with Crippen molar-refractivity contribution in [2.45, 2.75) is 5.16 Å². The molecule has 6 nitrogen and oxygen atoms in total. The van der Waals surface area contributed by atoms with Crippen molar-refractivity contribution in [2.75, 3.05) is 18.2 Å². The van der Waals surface area contributed by atoms with E-state index in [0.717, 1.165) is 5.69 Å². The highest BCUT2D eigenvalue weighted by Gasteiger charge is 2.10. The lowest BCUT2D eigenvalue weighted by Crippen LogP contribution is -2.14. The largest absolute Gasteiger partial charge is 0.497 e. The maximum Gasteiger partial charge on any atom is 0.234 e. The number of benzene rings is 2. The molecule has 1 aromatic heterocycles. The van der Waals surface area contributed by atoms with Crippen molar-refractivity contribution in [1.29, 1.82) is 0 Å². The van der Waals surface area contributed by atoms with Crippen LogP contribution < -0.4 is 10.1 Å². The van der Waals surface area contributed by atoms with Crippen molar-refractivity contribution in [3.05, 3.63) is 60.9 Å². The summed E-state index contributed by atoms with van der Waals surface area (Å²) in [4.78, 5) is 12.1. The first-order valence-corrected chi connectivity index (χ1v) is 8.27. The molecule has 2 aromatic carbocycles. The fourth-order valence-electron chi connectivity index (χ4n) is 2.12. The number of aromatic nitrogens is 3. The van der Waals surface area contributed by atoms with Gasteiger partial charge in [-0.05, 0) is 24.3 Å². The van der Waals surface area contributed by atoms with Crippen molar-refractivity contribution in [3.8, 4) is 11.4 Å². The van der Waals surface area contributed by atoms with Crippen LogP contribution in [-0.4, -0.2) is 33.5 Å². The summed E-state index contributed by atoms with van der Waals surface area (Å²) >= 11 is 1.33. The molecule has 0 saturated heterocycles. The van der Waals surface area contributed by atoms with E-state index in [1.54, 1.807) is 19.5 Å². The van der Waals surface area contributed by atoms with Crippen LogP contribution in [0.5, 0.6) is 5.75 Å². The van der Waals surface area contributed by atoms with Gasteiger partial charge in [-0.2, -0.15) is 0 Å². The van der Waals surface area contributed by atoms with Crippen molar-refractivity contribution in [3.63, 3.8) is 0 Å². The van der Waals surface area contributed by atoms with E-state index in [-0.39, 0.29) is 11.7 Å². The van der Waals surface area contributed by atoms with Crippen LogP contribution in [0.4, 0.5) is 5.69 Å². The van der Waals surface area contributed by atoms with Gasteiger partial charge in [-0.1, -0.05) is 36.0 Å². The molecule has 1 amide bonds. The molecule has 0 radical (unpaired) electrons. The van der Waals surface area contributed by atoms with Crippen LogP contribution in [0.2, 0.25) is 0 Å². The molecule has 0 aliphatic carbocycles. The number of carbonyl (C=O) groups is 1. The van der Waals surface area contributed by atoms with Crippen molar-refractivity contribution in [2.24, 2.45) is 0 Å². The summed E-state index contributed by atoms with van der Waals surface area (Å²) in [6.07, 6.45) is 1.64. The van der Waals surface area contributed by atoms with E-state index >= 15 is 0 Å². The number of thioether (sulfide) groups is 1. The first-order valence-electron chi connectivity index (χ1n) is 7.28. The monoisotopic (exact) mass is 340 g/mol. The Labute approximate surface area is 143 Å². The standard InChI is InChI=1S/C17H16N4O2S/c1-23-15-9-5-6-13(10-15)19-16(22)11-24-17-20-18-12-21(17)14-7-3-2-4-8-14/h2-10,12H,11H2,1H3,(H,19,22). The Balaban J connectivity index is 1.62. The van der Waals surface area contributed by atoms with Gasteiger partial charge in [0.25, 0.3) is 0 Å². The normalized spacial score (nSPS) is 10.4. The van der Waals surface area contributed by atoms with E-state index in [1.165, 1.54) is 11.8 Å². The van der Waals surface area contributed by atoms with Gasteiger partial charge < -0.3 is 10.1 Å². The molecule has 1 heterocycles. The summed E-state index contributed by atoms with van der Waals surface area (Å²) in [5.41, 5.74) is 1.66. The van der Waals surface area contributed by atoms with Crippen LogP contribution in [0, 0.1) is 0 Å². The third-order valence-electron chi connectivity index (χ3n) is 3.24. The average molecular weight is 340 g/mol. The second-order valence-electron chi connectivity index (χ2n) is 4.89. The van der Waals surface area contributed by atoms with Gasteiger partial charge in [-0.3, -0.25) is 9.36 Å². The smallest absolute Gasteiger partial charge is 0.234 e. The molecule has 0 aliphatic rings. The Hall–Kier alpha value is -2.80. The van der Waals surface area contributed by atoms with E-state index in [4.69, 9.17) is 4.74 Å². The van der Waals surface area contributed by atoms with Gasteiger partial charge in [0.1, 0.15) is 12.1 Å². The van der Waals surface area contributed by atoms with E-state index < -0.39 is 0 Å². The number of nitrogens with one attached hydrogen (secondary N) is 1. The van der Waals surface area contributed by atoms with Crippen LogP contribution in [0.1, 0.15) is 0 Å². The highest BCUT2D eigenvalue weighted by atomic mass is 32.2. The lowest BCUT2D eigenvalue weighted by atomic mass is 10.3. The Morgan fingerprint density at radius 3 is 2.83 bits per heavy atom. The SMILES string of the molecule is COc1cccc(NC(=O)CSc2nncn2-c2ccccc2)c1. The van der Waals surface area contributed by atoms with Gasteiger partial charge in [0.15, 0.2) is 5.16 Å². The van der Waals surface area contributed by atoms with Gasteiger partial charge in [-0.15, -0.1) is 10.2 Å².